The van der Waals surface area contributed by atoms with Gasteiger partial charge in [0.05, 0.1) is 5.60 Å². The zero-order chi connectivity index (χ0) is 13.9. The lowest BCUT2D eigenvalue weighted by Gasteiger charge is -2.22. The largest absolute Gasteiger partial charge is 0.390 e. The molecule has 0 aliphatic heterocycles. The topological polar surface area (TPSA) is 61.3 Å². The molecule has 0 saturated heterocycles. The van der Waals surface area contributed by atoms with Crippen LogP contribution in [0.1, 0.15) is 37.7 Å². The highest BCUT2D eigenvalue weighted by molar-refractivity contribution is 5.47. The fourth-order valence-corrected chi connectivity index (χ4v) is 2.66. The molecule has 0 spiro atoms. The molecular weight excluding hydrogens is 240 g/mol. The van der Waals surface area contributed by atoms with E-state index in [0.29, 0.717) is 12.5 Å². The zero-order valence-electron chi connectivity index (χ0n) is 12.1. The standard InChI is InChI=1S/C14H24N4O/c1-11-10-16-13(17-12(11)18(2)3)15-9-8-14(19)6-4-5-7-14/h10,19H,4-9H2,1-3H3,(H,15,16,17). The molecule has 1 aliphatic carbocycles. The van der Waals surface area contributed by atoms with E-state index in [9.17, 15) is 5.11 Å². The van der Waals surface area contributed by atoms with Crippen LogP contribution in [0.5, 0.6) is 0 Å². The number of nitrogens with one attached hydrogen (secondary N) is 1. The van der Waals surface area contributed by atoms with Crippen molar-refractivity contribution in [3.05, 3.63) is 11.8 Å². The van der Waals surface area contributed by atoms with Crippen molar-refractivity contribution in [3.8, 4) is 0 Å². The highest BCUT2D eigenvalue weighted by Crippen LogP contribution is 2.32. The number of aromatic nitrogens is 2. The third-order valence-electron chi connectivity index (χ3n) is 3.78. The Labute approximate surface area is 115 Å². The van der Waals surface area contributed by atoms with Crippen molar-refractivity contribution in [3.63, 3.8) is 0 Å². The molecule has 5 heteroatoms. The molecular formula is C14H24N4O. The van der Waals surface area contributed by atoms with Crippen LogP contribution in [0, 0.1) is 6.92 Å². The number of rotatable bonds is 5. The number of hydrogen-bond donors (Lipinski definition) is 2. The number of aliphatic hydroxyl groups is 1. The van der Waals surface area contributed by atoms with Crippen LogP contribution in [0.15, 0.2) is 6.20 Å². The van der Waals surface area contributed by atoms with Gasteiger partial charge >= 0.3 is 0 Å². The summed E-state index contributed by atoms with van der Waals surface area (Å²) >= 11 is 0. The first-order chi connectivity index (χ1) is 9.00. The molecule has 0 aromatic carbocycles. The molecule has 106 valence electrons. The smallest absolute Gasteiger partial charge is 0.224 e. The SMILES string of the molecule is Cc1cnc(NCCC2(O)CCCC2)nc1N(C)C. The quantitative estimate of drug-likeness (QED) is 0.851. The molecule has 19 heavy (non-hydrogen) atoms. The molecule has 0 atom stereocenters. The van der Waals surface area contributed by atoms with Crippen LogP contribution in [-0.2, 0) is 0 Å². The van der Waals surface area contributed by atoms with E-state index in [4.69, 9.17) is 0 Å². The molecule has 1 heterocycles. The van der Waals surface area contributed by atoms with E-state index >= 15 is 0 Å². The predicted octanol–water partition coefficient (Wildman–Crippen LogP) is 1.96. The average Bonchev–Trinajstić information content (AvgIpc) is 2.78. The molecule has 0 amide bonds. The summed E-state index contributed by atoms with van der Waals surface area (Å²) in [5.74, 6) is 1.56. The Hall–Kier alpha value is -1.36. The molecule has 0 bridgehead atoms. The molecule has 1 aromatic heterocycles. The minimum absolute atomic E-state index is 0.470. The summed E-state index contributed by atoms with van der Waals surface area (Å²) < 4.78 is 0. The van der Waals surface area contributed by atoms with Gasteiger partial charge < -0.3 is 15.3 Å². The highest BCUT2D eigenvalue weighted by atomic mass is 16.3. The summed E-state index contributed by atoms with van der Waals surface area (Å²) in [6, 6.07) is 0. The van der Waals surface area contributed by atoms with Crippen LogP contribution < -0.4 is 10.2 Å². The van der Waals surface area contributed by atoms with Crippen molar-refractivity contribution in [2.24, 2.45) is 0 Å². The van der Waals surface area contributed by atoms with Crippen molar-refractivity contribution in [2.45, 2.75) is 44.6 Å². The van der Waals surface area contributed by atoms with Gasteiger partial charge in [-0.2, -0.15) is 4.98 Å². The minimum Gasteiger partial charge on any atom is -0.390 e. The minimum atomic E-state index is -0.470. The van der Waals surface area contributed by atoms with Crippen LogP contribution in [0.4, 0.5) is 11.8 Å². The normalized spacial score (nSPS) is 17.5. The molecule has 1 aliphatic rings. The summed E-state index contributed by atoms with van der Waals surface area (Å²) in [5, 5.41) is 13.5. The van der Waals surface area contributed by atoms with Crippen LogP contribution in [0.25, 0.3) is 0 Å². The van der Waals surface area contributed by atoms with E-state index in [-0.39, 0.29) is 0 Å². The van der Waals surface area contributed by atoms with E-state index in [2.05, 4.69) is 15.3 Å². The molecule has 0 unspecified atom stereocenters. The van der Waals surface area contributed by atoms with Gasteiger partial charge in [0.25, 0.3) is 0 Å². The third-order valence-corrected chi connectivity index (χ3v) is 3.78. The number of hydrogen-bond acceptors (Lipinski definition) is 5. The van der Waals surface area contributed by atoms with Crippen LogP contribution in [0.2, 0.25) is 0 Å². The summed E-state index contributed by atoms with van der Waals surface area (Å²) in [6.45, 7) is 2.72. The Kier molecular flexibility index (Phi) is 4.24. The lowest BCUT2D eigenvalue weighted by molar-refractivity contribution is 0.0424. The predicted molar refractivity (Wildman–Crippen MR) is 77.6 cm³/mol. The van der Waals surface area contributed by atoms with Crippen molar-refractivity contribution in [1.82, 2.24) is 9.97 Å². The zero-order valence-corrected chi connectivity index (χ0v) is 12.1. The van der Waals surface area contributed by atoms with E-state index < -0.39 is 5.60 Å². The summed E-state index contributed by atoms with van der Waals surface area (Å²) in [5.41, 5.74) is 0.590. The second-order valence-corrected chi connectivity index (χ2v) is 5.70. The van der Waals surface area contributed by atoms with Gasteiger partial charge in [0.1, 0.15) is 5.82 Å². The van der Waals surface area contributed by atoms with Gasteiger partial charge in [0, 0.05) is 32.4 Å². The fraction of sp³-hybridized carbons (Fsp3) is 0.714. The summed E-state index contributed by atoms with van der Waals surface area (Å²) in [7, 11) is 3.95. The van der Waals surface area contributed by atoms with E-state index in [0.717, 1.165) is 43.5 Å². The van der Waals surface area contributed by atoms with Crippen molar-refractivity contribution >= 4 is 11.8 Å². The maximum Gasteiger partial charge on any atom is 0.224 e. The Balaban J connectivity index is 1.91. The summed E-state index contributed by atoms with van der Waals surface area (Å²) in [4.78, 5) is 10.7. The molecule has 2 rings (SSSR count). The van der Waals surface area contributed by atoms with E-state index in [1.54, 1.807) is 0 Å². The second kappa shape index (κ2) is 5.74. The maximum atomic E-state index is 10.3. The highest BCUT2D eigenvalue weighted by Gasteiger charge is 2.30. The second-order valence-electron chi connectivity index (χ2n) is 5.70. The van der Waals surface area contributed by atoms with Gasteiger partial charge in [-0.15, -0.1) is 0 Å². The molecule has 2 N–H and O–H groups in total. The van der Waals surface area contributed by atoms with E-state index in [1.807, 2.05) is 32.1 Å². The lowest BCUT2D eigenvalue weighted by atomic mass is 9.98. The van der Waals surface area contributed by atoms with Crippen LogP contribution in [-0.4, -0.2) is 41.3 Å². The Morgan fingerprint density at radius 3 is 2.68 bits per heavy atom. The Morgan fingerprint density at radius 2 is 2.05 bits per heavy atom. The van der Waals surface area contributed by atoms with Crippen molar-refractivity contribution < 1.29 is 5.11 Å². The third kappa shape index (κ3) is 3.56. The van der Waals surface area contributed by atoms with Gasteiger partial charge in [-0.1, -0.05) is 12.8 Å². The van der Waals surface area contributed by atoms with Crippen LogP contribution >= 0.6 is 0 Å². The molecule has 1 saturated carbocycles. The first-order valence-corrected chi connectivity index (χ1v) is 6.97. The Morgan fingerprint density at radius 1 is 1.37 bits per heavy atom. The van der Waals surface area contributed by atoms with Crippen molar-refractivity contribution in [1.29, 1.82) is 0 Å². The number of aryl methyl sites for hydroxylation is 1. The lowest BCUT2D eigenvalue weighted by Crippen LogP contribution is -2.27. The van der Waals surface area contributed by atoms with E-state index in [1.165, 1.54) is 0 Å². The molecule has 0 radical (unpaired) electrons. The maximum absolute atomic E-state index is 10.3. The van der Waals surface area contributed by atoms with Gasteiger partial charge in [-0.25, -0.2) is 4.98 Å². The van der Waals surface area contributed by atoms with Gasteiger partial charge in [0.15, 0.2) is 0 Å². The van der Waals surface area contributed by atoms with Gasteiger partial charge in [-0.05, 0) is 26.2 Å². The number of anilines is 2. The average molecular weight is 264 g/mol. The molecule has 5 nitrogen and oxygen atoms in total. The Bertz CT molecular complexity index is 427. The van der Waals surface area contributed by atoms with Gasteiger partial charge in [0.2, 0.25) is 5.95 Å². The fourth-order valence-electron chi connectivity index (χ4n) is 2.66. The summed E-state index contributed by atoms with van der Waals surface area (Å²) in [6.07, 6.45) is 6.72. The van der Waals surface area contributed by atoms with Crippen molar-refractivity contribution in [2.75, 3.05) is 30.9 Å². The monoisotopic (exact) mass is 264 g/mol. The van der Waals surface area contributed by atoms with Gasteiger partial charge in [-0.3, -0.25) is 0 Å². The van der Waals surface area contributed by atoms with Crippen LogP contribution in [0.3, 0.4) is 0 Å². The first kappa shape index (κ1) is 14.1. The number of nitrogens with zero attached hydrogens (tertiary/aromatic N) is 3. The molecule has 1 fully saturated rings. The molecule has 1 aromatic rings. The first-order valence-electron chi connectivity index (χ1n) is 6.97.